The summed E-state index contributed by atoms with van der Waals surface area (Å²) < 4.78 is 5.48. The Morgan fingerprint density at radius 1 is 1.47 bits per heavy atom. The highest BCUT2D eigenvalue weighted by molar-refractivity contribution is 5.76. The fourth-order valence-electron chi connectivity index (χ4n) is 2.36. The van der Waals surface area contributed by atoms with Crippen LogP contribution in [0.25, 0.3) is 0 Å². The van der Waals surface area contributed by atoms with Gasteiger partial charge in [0.2, 0.25) is 5.91 Å². The third kappa shape index (κ3) is 5.04. The van der Waals surface area contributed by atoms with Crippen molar-refractivity contribution in [2.45, 2.75) is 58.1 Å². The predicted molar refractivity (Wildman–Crippen MR) is 68.6 cm³/mol. The minimum absolute atomic E-state index is 0.147. The monoisotopic (exact) mass is 242 g/mol. The summed E-state index contributed by atoms with van der Waals surface area (Å²) in [6, 6.07) is 0.148. The molecule has 0 heterocycles. The van der Waals surface area contributed by atoms with Gasteiger partial charge in [0.05, 0.1) is 6.10 Å². The highest BCUT2D eigenvalue weighted by atomic mass is 16.5. The number of nitrogens with one attached hydrogen (secondary N) is 1. The SMILES string of the molecule is CCCC(CN)NC(=O)CC1CC(OCC)C1. The number of hydrogen-bond acceptors (Lipinski definition) is 3. The number of amides is 1. The summed E-state index contributed by atoms with van der Waals surface area (Å²) >= 11 is 0. The number of carbonyl (C=O) groups excluding carboxylic acids is 1. The Kier molecular flexibility index (Phi) is 6.52. The molecule has 1 rings (SSSR count). The molecule has 1 aliphatic rings. The van der Waals surface area contributed by atoms with Crippen LogP contribution >= 0.6 is 0 Å². The van der Waals surface area contributed by atoms with Gasteiger partial charge in [0.15, 0.2) is 0 Å². The van der Waals surface area contributed by atoms with Gasteiger partial charge < -0.3 is 15.8 Å². The molecule has 1 amide bonds. The summed E-state index contributed by atoms with van der Waals surface area (Å²) in [7, 11) is 0. The standard InChI is InChI=1S/C13H26N2O2/c1-3-5-11(9-14)15-13(16)8-10-6-12(7-10)17-4-2/h10-12H,3-9,14H2,1-2H3,(H,15,16). The van der Waals surface area contributed by atoms with Gasteiger partial charge in [0.25, 0.3) is 0 Å². The van der Waals surface area contributed by atoms with E-state index >= 15 is 0 Å². The van der Waals surface area contributed by atoms with Crippen molar-refractivity contribution in [3.8, 4) is 0 Å². The van der Waals surface area contributed by atoms with Gasteiger partial charge in [-0.15, -0.1) is 0 Å². The van der Waals surface area contributed by atoms with Crippen LogP contribution in [0.3, 0.4) is 0 Å². The van der Waals surface area contributed by atoms with Crippen molar-refractivity contribution < 1.29 is 9.53 Å². The molecule has 0 spiro atoms. The maximum absolute atomic E-state index is 11.7. The molecule has 17 heavy (non-hydrogen) atoms. The van der Waals surface area contributed by atoms with Crippen LogP contribution in [0.4, 0.5) is 0 Å². The first-order chi connectivity index (χ1) is 8.19. The van der Waals surface area contributed by atoms with Crippen molar-refractivity contribution in [3.05, 3.63) is 0 Å². The molecule has 1 saturated carbocycles. The Hall–Kier alpha value is -0.610. The molecule has 0 aromatic heterocycles. The normalized spacial score (nSPS) is 25.1. The molecule has 0 bridgehead atoms. The molecule has 1 aliphatic carbocycles. The topological polar surface area (TPSA) is 64.3 Å². The van der Waals surface area contributed by atoms with Crippen LogP contribution in [0, 0.1) is 5.92 Å². The second kappa shape index (κ2) is 7.67. The van der Waals surface area contributed by atoms with E-state index in [4.69, 9.17) is 10.5 Å². The smallest absolute Gasteiger partial charge is 0.220 e. The van der Waals surface area contributed by atoms with Crippen molar-refractivity contribution >= 4 is 5.91 Å². The van der Waals surface area contributed by atoms with Gasteiger partial charge in [-0.25, -0.2) is 0 Å². The van der Waals surface area contributed by atoms with E-state index in [0.717, 1.165) is 32.3 Å². The molecule has 1 atom stereocenters. The lowest BCUT2D eigenvalue weighted by Crippen LogP contribution is -2.42. The minimum Gasteiger partial charge on any atom is -0.378 e. The van der Waals surface area contributed by atoms with Crippen molar-refractivity contribution in [1.29, 1.82) is 0 Å². The summed E-state index contributed by atoms with van der Waals surface area (Å²) in [5.74, 6) is 0.653. The van der Waals surface area contributed by atoms with Crippen molar-refractivity contribution in [3.63, 3.8) is 0 Å². The molecular weight excluding hydrogens is 216 g/mol. The minimum atomic E-state index is 0.147. The lowest BCUT2D eigenvalue weighted by molar-refractivity contribution is -0.125. The lowest BCUT2D eigenvalue weighted by atomic mass is 9.80. The van der Waals surface area contributed by atoms with Crippen LogP contribution in [0.1, 0.15) is 46.0 Å². The van der Waals surface area contributed by atoms with Gasteiger partial charge in [-0.2, -0.15) is 0 Å². The van der Waals surface area contributed by atoms with Crippen molar-refractivity contribution in [2.75, 3.05) is 13.2 Å². The summed E-state index contributed by atoms with van der Waals surface area (Å²) in [6.07, 6.45) is 5.10. The molecule has 1 fully saturated rings. The maximum Gasteiger partial charge on any atom is 0.220 e. The number of ether oxygens (including phenoxy) is 1. The Labute approximate surface area is 104 Å². The second-order valence-corrected chi connectivity index (χ2v) is 4.91. The zero-order valence-corrected chi connectivity index (χ0v) is 11.1. The van der Waals surface area contributed by atoms with E-state index in [0.29, 0.717) is 25.0 Å². The quantitative estimate of drug-likeness (QED) is 0.677. The summed E-state index contributed by atoms with van der Waals surface area (Å²) in [6.45, 7) is 5.42. The van der Waals surface area contributed by atoms with E-state index < -0.39 is 0 Å². The average molecular weight is 242 g/mol. The van der Waals surface area contributed by atoms with E-state index in [9.17, 15) is 4.79 Å². The van der Waals surface area contributed by atoms with Crippen molar-refractivity contribution in [1.82, 2.24) is 5.32 Å². The van der Waals surface area contributed by atoms with E-state index in [-0.39, 0.29) is 11.9 Å². The molecule has 1 unspecified atom stereocenters. The lowest BCUT2D eigenvalue weighted by Gasteiger charge is -2.34. The zero-order chi connectivity index (χ0) is 12.7. The summed E-state index contributed by atoms with van der Waals surface area (Å²) in [5, 5.41) is 3.01. The van der Waals surface area contributed by atoms with Gasteiger partial charge in [-0.3, -0.25) is 4.79 Å². The Bertz CT molecular complexity index is 227. The highest BCUT2D eigenvalue weighted by Crippen LogP contribution is 2.32. The van der Waals surface area contributed by atoms with E-state index in [1.807, 2.05) is 6.92 Å². The van der Waals surface area contributed by atoms with E-state index in [1.54, 1.807) is 0 Å². The highest BCUT2D eigenvalue weighted by Gasteiger charge is 2.31. The molecule has 0 aromatic carbocycles. The van der Waals surface area contributed by atoms with Gasteiger partial charge in [-0.1, -0.05) is 13.3 Å². The molecule has 4 nitrogen and oxygen atoms in total. The fraction of sp³-hybridized carbons (Fsp3) is 0.923. The molecule has 0 saturated heterocycles. The van der Waals surface area contributed by atoms with Crippen LogP contribution in [0.2, 0.25) is 0 Å². The van der Waals surface area contributed by atoms with Gasteiger partial charge in [0.1, 0.15) is 0 Å². The number of carbonyl (C=O) groups is 1. The molecule has 4 heteroatoms. The van der Waals surface area contributed by atoms with Crippen molar-refractivity contribution in [2.24, 2.45) is 11.7 Å². The van der Waals surface area contributed by atoms with Gasteiger partial charge >= 0.3 is 0 Å². The predicted octanol–water partition coefficient (Wildman–Crippen LogP) is 1.44. The third-order valence-corrected chi connectivity index (χ3v) is 3.36. The van der Waals surface area contributed by atoms with Crippen LogP contribution in [0.15, 0.2) is 0 Å². The molecular formula is C13H26N2O2. The zero-order valence-electron chi connectivity index (χ0n) is 11.1. The summed E-state index contributed by atoms with van der Waals surface area (Å²) in [4.78, 5) is 11.7. The largest absolute Gasteiger partial charge is 0.378 e. The molecule has 100 valence electrons. The first-order valence-corrected chi connectivity index (χ1v) is 6.80. The number of nitrogens with two attached hydrogens (primary N) is 1. The van der Waals surface area contributed by atoms with Crippen LogP contribution in [-0.2, 0) is 9.53 Å². The van der Waals surface area contributed by atoms with Crippen LogP contribution < -0.4 is 11.1 Å². The first kappa shape index (κ1) is 14.5. The Morgan fingerprint density at radius 3 is 2.71 bits per heavy atom. The first-order valence-electron chi connectivity index (χ1n) is 6.80. The molecule has 0 aliphatic heterocycles. The maximum atomic E-state index is 11.7. The average Bonchev–Trinajstić information content (AvgIpc) is 2.25. The van der Waals surface area contributed by atoms with Gasteiger partial charge in [-0.05, 0) is 32.1 Å². The van der Waals surface area contributed by atoms with Crippen LogP contribution in [-0.4, -0.2) is 31.2 Å². The van der Waals surface area contributed by atoms with E-state index in [2.05, 4.69) is 12.2 Å². The molecule has 0 radical (unpaired) electrons. The number of rotatable bonds is 8. The Morgan fingerprint density at radius 2 is 2.18 bits per heavy atom. The fourth-order valence-corrected chi connectivity index (χ4v) is 2.36. The molecule has 0 aromatic rings. The van der Waals surface area contributed by atoms with Gasteiger partial charge in [0, 0.05) is 25.6 Å². The molecule has 3 N–H and O–H groups in total. The number of hydrogen-bond donors (Lipinski definition) is 2. The Balaban J connectivity index is 2.13. The van der Waals surface area contributed by atoms with E-state index in [1.165, 1.54) is 0 Å². The van der Waals surface area contributed by atoms with Crippen LogP contribution in [0.5, 0.6) is 0 Å². The second-order valence-electron chi connectivity index (χ2n) is 4.91. The summed E-state index contributed by atoms with van der Waals surface area (Å²) in [5.41, 5.74) is 5.61. The third-order valence-electron chi connectivity index (χ3n) is 3.36.